The van der Waals surface area contributed by atoms with Gasteiger partial charge >= 0.3 is 0 Å². The van der Waals surface area contributed by atoms with Crippen LogP contribution in [0.15, 0.2) is 69.7 Å². The van der Waals surface area contributed by atoms with Crippen molar-refractivity contribution in [3.8, 4) is 17.4 Å². The number of furan rings is 1. The van der Waals surface area contributed by atoms with E-state index < -0.39 is 5.92 Å². The van der Waals surface area contributed by atoms with Crippen molar-refractivity contribution in [1.82, 2.24) is 0 Å². The summed E-state index contributed by atoms with van der Waals surface area (Å²) < 4.78 is 11.8. The number of hydrogen-bond donors (Lipinski definition) is 1. The van der Waals surface area contributed by atoms with Gasteiger partial charge in [-0.3, -0.25) is 4.79 Å². The van der Waals surface area contributed by atoms with Crippen molar-refractivity contribution >= 4 is 5.78 Å². The number of rotatable bonds is 2. The number of nitrogens with two attached hydrogens (primary N) is 1. The van der Waals surface area contributed by atoms with Crippen LogP contribution >= 0.6 is 0 Å². The molecule has 1 atom stereocenters. The maximum Gasteiger partial charge on any atom is 0.205 e. The van der Waals surface area contributed by atoms with Crippen LogP contribution in [-0.4, -0.2) is 5.78 Å². The molecule has 0 fully saturated rings. The molecular weight excluding hydrogens is 340 g/mol. The largest absolute Gasteiger partial charge is 0.460 e. The van der Waals surface area contributed by atoms with Crippen LogP contribution in [0.3, 0.4) is 0 Å². The standard InChI is InChI=1S/C22H20N2O3/c1-22(2)10-15(25)20-18(11-22)27-21(24)14(12-23)19(20)17-9-8-16(26-17)13-6-4-3-5-7-13/h3-9,19H,10-11,24H2,1-2H3/t19-/m1/s1. The van der Waals surface area contributed by atoms with E-state index in [-0.39, 0.29) is 22.7 Å². The number of benzene rings is 1. The van der Waals surface area contributed by atoms with Gasteiger partial charge in [0.1, 0.15) is 28.9 Å². The molecule has 0 saturated carbocycles. The summed E-state index contributed by atoms with van der Waals surface area (Å²) in [5, 5.41) is 9.65. The lowest BCUT2D eigenvalue weighted by Gasteiger charge is -2.36. The SMILES string of the molecule is CC1(C)CC(=O)C2=C(C1)OC(N)=C(C#N)[C@@H]2c1ccc(-c2ccccc2)o1. The lowest BCUT2D eigenvalue weighted by atomic mass is 9.71. The van der Waals surface area contributed by atoms with Crippen molar-refractivity contribution in [2.45, 2.75) is 32.6 Å². The van der Waals surface area contributed by atoms with E-state index in [1.807, 2.05) is 50.2 Å². The highest BCUT2D eigenvalue weighted by molar-refractivity contribution is 5.99. The van der Waals surface area contributed by atoms with Crippen LogP contribution in [0, 0.1) is 16.7 Å². The summed E-state index contributed by atoms with van der Waals surface area (Å²) in [6.45, 7) is 4.04. The molecule has 2 aliphatic rings. The Morgan fingerprint density at radius 3 is 2.59 bits per heavy atom. The average Bonchev–Trinajstić information content (AvgIpc) is 3.10. The minimum absolute atomic E-state index is 0.0239. The number of carbonyl (C=O) groups excluding carboxylic acids is 1. The summed E-state index contributed by atoms with van der Waals surface area (Å²) in [5.74, 6) is 1.15. The van der Waals surface area contributed by atoms with Gasteiger partial charge in [-0.25, -0.2) is 0 Å². The summed E-state index contributed by atoms with van der Waals surface area (Å²) in [6, 6.07) is 15.4. The van der Waals surface area contributed by atoms with Crippen LogP contribution in [0.4, 0.5) is 0 Å². The molecule has 5 nitrogen and oxygen atoms in total. The predicted molar refractivity (Wildman–Crippen MR) is 99.8 cm³/mol. The van der Waals surface area contributed by atoms with Crippen molar-refractivity contribution in [1.29, 1.82) is 5.26 Å². The first-order chi connectivity index (χ1) is 12.9. The smallest absolute Gasteiger partial charge is 0.205 e. The third-order valence-corrected chi connectivity index (χ3v) is 5.05. The molecule has 0 spiro atoms. The second-order valence-electron chi connectivity index (χ2n) is 7.77. The molecule has 1 aromatic carbocycles. The molecule has 2 aromatic rings. The number of nitriles is 1. The van der Waals surface area contributed by atoms with E-state index in [0.717, 1.165) is 5.56 Å². The fourth-order valence-electron chi connectivity index (χ4n) is 3.83. The van der Waals surface area contributed by atoms with E-state index in [9.17, 15) is 10.1 Å². The molecule has 2 N–H and O–H groups in total. The minimum atomic E-state index is -0.625. The molecule has 0 amide bonds. The first-order valence-corrected chi connectivity index (χ1v) is 8.88. The van der Waals surface area contributed by atoms with Gasteiger partial charge in [0.25, 0.3) is 0 Å². The Labute approximate surface area is 157 Å². The Kier molecular flexibility index (Phi) is 3.92. The van der Waals surface area contributed by atoms with Gasteiger partial charge in [-0.1, -0.05) is 44.2 Å². The van der Waals surface area contributed by atoms with Crippen LogP contribution in [0.2, 0.25) is 0 Å². The fraction of sp³-hybridized carbons (Fsp3) is 0.273. The Bertz CT molecular complexity index is 1020. The van der Waals surface area contributed by atoms with Crippen LogP contribution in [-0.2, 0) is 9.53 Å². The fourth-order valence-corrected chi connectivity index (χ4v) is 3.83. The lowest BCUT2D eigenvalue weighted by Crippen LogP contribution is -2.33. The van der Waals surface area contributed by atoms with E-state index >= 15 is 0 Å². The topological polar surface area (TPSA) is 89.2 Å². The number of ether oxygens (including phenoxy) is 1. The summed E-state index contributed by atoms with van der Waals surface area (Å²) in [5.41, 5.74) is 7.46. The third kappa shape index (κ3) is 2.93. The molecule has 0 bridgehead atoms. The van der Waals surface area contributed by atoms with E-state index in [0.29, 0.717) is 35.7 Å². The molecule has 136 valence electrons. The average molecular weight is 360 g/mol. The van der Waals surface area contributed by atoms with Crippen LogP contribution in [0.1, 0.15) is 38.4 Å². The van der Waals surface area contributed by atoms with Gasteiger partial charge in [-0.2, -0.15) is 5.26 Å². The second-order valence-corrected chi connectivity index (χ2v) is 7.77. The number of hydrogen-bond acceptors (Lipinski definition) is 5. The van der Waals surface area contributed by atoms with Gasteiger partial charge in [0.05, 0.1) is 5.92 Å². The van der Waals surface area contributed by atoms with Gasteiger partial charge in [0, 0.05) is 24.0 Å². The van der Waals surface area contributed by atoms with Crippen LogP contribution < -0.4 is 5.73 Å². The zero-order valence-corrected chi connectivity index (χ0v) is 15.3. The van der Waals surface area contributed by atoms with Crippen molar-refractivity contribution in [2.24, 2.45) is 11.1 Å². The highest BCUT2D eigenvalue weighted by Gasteiger charge is 2.44. The Balaban J connectivity index is 1.83. The maximum absolute atomic E-state index is 12.9. The molecule has 5 heteroatoms. The first kappa shape index (κ1) is 17.2. The third-order valence-electron chi connectivity index (χ3n) is 5.05. The molecule has 4 rings (SSSR count). The summed E-state index contributed by atoms with van der Waals surface area (Å²) in [6.07, 6.45) is 0.993. The van der Waals surface area contributed by atoms with Crippen LogP contribution in [0.5, 0.6) is 0 Å². The van der Waals surface area contributed by atoms with Gasteiger partial charge in [0.2, 0.25) is 5.88 Å². The molecule has 1 aliphatic heterocycles. The number of carbonyl (C=O) groups is 1. The van der Waals surface area contributed by atoms with E-state index in [4.69, 9.17) is 14.9 Å². The second kappa shape index (κ2) is 6.17. The minimum Gasteiger partial charge on any atom is -0.460 e. The normalized spacial score (nSPS) is 21.5. The monoisotopic (exact) mass is 360 g/mol. The van der Waals surface area contributed by atoms with Crippen molar-refractivity contribution in [3.63, 3.8) is 0 Å². The van der Waals surface area contributed by atoms with Crippen molar-refractivity contribution in [2.75, 3.05) is 0 Å². The zero-order valence-electron chi connectivity index (χ0n) is 15.3. The Morgan fingerprint density at radius 2 is 1.89 bits per heavy atom. The van der Waals surface area contributed by atoms with Crippen molar-refractivity contribution in [3.05, 3.63) is 71.0 Å². The summed E-state index contributed by atoms with van der Waals surface area (Å²) in [4.78, 5) is 12.9. The summed E-state index contributed by atoms with van der Waals surface area (Å²) in [7, 11) is 0. The van der Waals surface area contributed by atoms with E-state index in [1.54, 1.807) is 6.07 Å². The Morgan fingerprint density at radius 1 is 1.15 bits per heavy atom. The quantitative estimate of drug-likeness (QED) is 0.857. The molecule has 0 unspecified atom stereocenters. The molecule has 0 saturated heterocycles. The number of ketones is 1. The molecular formula is C22H20N2O3. The van der Waals surface area contributed by atoms with Gasteiger partial charge in [-0.15, -0.1) is 0 Å². The molecule has 2 heterocycles. The van der Waals surface area contributed by atoms with E-state index in [1.165, 1.54) is 0 Å². The molecule has 1 aromatic heterocycles. The first-order valence-electron chi connectivity index (χ1n) is 8.88. The number of Topliss-reactive ketones (excluding diaryl/α,β-unsaturated/α-hetero) is 1. The highest BCUT2D eigenvalue weighted by Crippen LogP contribution is 2.48. The maximum atomic E-state index is 12.9. The lowest BCUT2D eigenvalue weighted by molar-refractivity contribution is -0.119. The molecule has 27 heavy (non-hydrogen) atoms. The number of allylic oxidation sites excluding steroid dienone is 3. The van der Waals surface area contributed by atoms with Gasteiger partial charge < -0.3 is 14.9 Å². The zero-order chi connectivity index (χ0) is 19.2. The number of nitrogens with zero attached hydrogens (tertiary/aromatic N) is 1. The predicted octanol–water partition coefficient (Wildman–Crippen LogP) is 4.40. The van der Waals surface area contributed by atoms with Gasteiger partial charge in [0.15, 0.2) is 5.78 Å². The molecule has 0 radical (unpaired) electrons. The summed E-state index contributed by atoms with van der Waals surface area (Å²) >= 11 is 0. The van der Waals surface area contributed by atoms with Gasteiger partial charge in [-0.05, 0) is 17.5 Å². The highest BCUT2D eigenvalue weighted by atomic mass is 16.5. The van der Waals surface area contributed by atoms with E-state index in [2.05, 4.69) is 6.07 Å². The molecule has 1 aliphatic carbocycles. The van der Waals surface area contributed by atoms with Crippen LogP contribution in [0.25, 0.3) is 11.3 Å². The van der Waals surface area contributed by atoms with Crippen molar-refractivity contribution < 1.29 is 13.9 Å². The Hall–Kier alpha value is -3.26.